The van der Waals surface area contributed by atoms with Crippen molar-refractivity contribution in [2.24, 2.45) is 11.8 Å². The van der Waals surface area contributed by atoms with Gasteiger partial charge in [-0.2, -0.15) is 0 Å². The first kappa shape index (κ1) is 17.1. The molecule has 1 aromatic rings. The topological polar surface area (TPSA) is 95.5 Å². The van der Waals surface area contributed by atoms with E-state index in [0.717, 1.165) is 0 Å². The van der Waals surface area contributed by atoms with Gasteiger partial charge in [0.05, 0.1) is 11.5 Å². The number of aliphatic hydroxyl groups is 1. The number of carbonyl (C=O) groups is 3. The van der Waals surface area contributed by atoms with E-state index in [-0.39, 0.29) is 18.1 Å². The van der Waals surface area contributed by atoms with Crippen LogP contribution >= 0.6 is 0 Å². The molecule has 2 rings (SSSR count). The molecule has 3 N–H and O–H groups in total. The van der Waals surface area contributed by atoms with Crippen molar-refractivity contribution >= 4 is 17.6 Å². The summed E-state index contributed by atoms with van der Waals surface area (Å²) in [6, 6.07) is 8.92. The van der Waals surface area contributed by atoms with Gasteiger partial charge in [-0.1, -0.05) is 30.3 Å². The molecule has 0 aromatic heterocycles. The average Bonchev–Trinajstić information content (AvgIpc) is 2.52. The highest BCUT2D eigenvalue weighted by Crippen LogP contribution is 2.45. The molecule has 0 unspecified atom stereocenters. The minimum Gasteiger partial charge on any atom is -0.389 e. The van der Waals surface area contributed by atoms with Crippen LogP contribution in [0.4, 0.5) is 0 Å². The predicted molar refractivity (Wildman–Crippen MR) is 84.5 cm³/mol. The number of carbonyl (C=O) groups excluding carboxylic acids is 3. The number of benzene rings is 1. The van der Waals surface area contributed by atoms with Crippen molar-refractivity contribution in [1.82, 2.24) is 10.6 Å². The molecule has 23 heavy (non-hydrogen) atoms. The zero-order chi connectivity index (χ0) is 17.2. The summed E-state index contributed by atoms with van der Waals surface area (Å²) in [5.74, 6) is -3.78. The van der Waals surface area contributed by atoms with Crippen LogP contribution in [-0.4, -0.2) is 42.4 Å². The minimum absolute atomic E-state index is 0.230. The fraction of sp³-hybridized carbons (Fsp3) is 0.471. The quantitative estimate of drug-likeness (QED) is 0.695. The lowest BCUT2D eigenvalue weighted by atomic mass is 9.61. The zero-order valence-electron chi connectivity index (χ0n) is 13.5. The van der Waals surface area contributed by atoms with Gasteiger partial charge in [-0.25, -0.2) is 0 Å². The van der Waals surface area contributed by atoms with E-state index in [4.69, 9.17) is 0 Å². The highest BCUT2D eigenvalue weighted by molar-refractivity contribution is 6.05. The van der Waals surface area contributed by atoms with Crippen molar-refractivity contribution < 1.29 is 19.5 Å². The Balaban J connectivity index is 2.61. The van der Waals surface area contributed by atoms with Crippen molar-refractivity contribution in [3.63, 3.8) is 0 Å². The van der Waals surface area contributed by atoms with Gasteiger partial charge in [0.15, 0.2) is 0 Å². The van der Waals surface area contributed by atoms with Crippen LogP contribution in [0.15, 0.2) is 30.3 Å². The van der Waals surface area contributed by atoms with E-state index in [1.807, 2.05) is 6.07 Å². The van der Waals surface area contributed by atoms with Crippen molar-refractivity contribution in [2.45, 2.75) is 24.9 Å². The van der Waals surface area contributed by atoms with Crippen LogP contribution in [0.2, 0.25) is 0 Å². The van der Waals surface area contributed by atoms with E-state index in [9.17, 15) is 19.5 Å². The van der Waals surface area contributed by atoms with E-state index in [1.165, 1.54) is 21.0 Å². The molecule has 0 bridgehead atoms. The summed E-state index contributed by atoms with van der Waals surface area (Å²) in [5.41, 5.74) is -0.828. The van der Waals surface area contributed by atoms with Gasteiger partial charge < -0.3 is 15.7 Å². The molecule has 4 atom stereocenters. The summed E-state index contributed by atoms with van der Waals surface area (Å²) in [4.78, 5) is 37.2. The Bertz CT molecular complexity index is 612. The van der Waals surface area contributed by atoms with E-state index in [0.29, 0.717) is 5.56 Å². The number of ketones is 1. The van der Waals surface area contributed by atoms with Crippen molar-refractivity contribution in [2.75, 3.05) is 14.1 Å². The molecule has 1 aliphatic rings. The highest BCUT2D eigenvalue weighted by Gasteiger charge is 2.55. The molecule has 2 amide bonds. The molecule has 1 aromatic carbocycles. The van der Waals surface area contributed by atoms with Crippen molar-refractivity contribution in [3.05, 3.63) is 35.9 Å². The lowest BCUT2D eigenvalue weighted by Gasteiger charge is -2.44. The fourth-order valence-corrected chi connectivity index (χ4v) is 3.48. The SMILES string of the molecule is CNC(=O)[C@@H]1C(=O)C[C@](C)(O)[C@H](C(=O)NC)[C@@H]1c1ccccc1. The Labute approximate surface area is 135 Å². The van der Waals surface area contributed by atoms with Crippen LogP contribution in [0.25, 0.3) is 0 Å². The Morgan fingerprint density at radius 2 is 1.70 bits per heavy atom. The predicted octanol–water partition coefficient (Wildman–Crippen LogP) is 0.218. The van der Waals surface area contributed by atoms with Gasteiger partial charge in [0.25, 0.3) is 0 Å². The second-order valence-corrected chi connectivity index (χ2v) is 6.12. The summed E-state index contributed by atoms with van der Waals surface area (Å²) in [5, 5.41) is 15.7. The number of hydrogen-bond donors (Lipinski definition) is 3. The van der Waals surface area contributed by atoms with Crippen LogP contribution in [0.3, 0.4) is 0 Å². The van der Waals surface area contributed by atoms with Gasteiger partial charge in [-0.15, -0.1) is 0 Å². The van der Waals surface area contributed by atoms with Crippen LogP contribution < -0.4 is 10.6 Å². The summed E-state index contributed by atoms with van der Waals surface area (Å²) < 4.78 is 0. The van der Waals surface area contributed by atoms with E-state index >= 15 is 0 Å². The number of hydrogen-bond acceptors (Lipinski definition) is 4. The van der Waals surface area contributed by atoms with Crippen molar-refractivity contribution in [3.8, 4) is 0 Å². The molecule has 0 spiro atoms. The minimum atomic E-state index is -1.51. The Kier molecular flexibility index (Phi) is 4.85. The number of amides is 2. The summed E-state index contributed by atoms with van der Waals surface area (Å²) in [7, 11) is 2.94. The summed E-state index contributed by atoms with van der Waals surface area (Å²) in [6.45, 7) is 1.47. The second kappa shape index (κ2) is 6.50. The molecule has 0 radical (unpaired) electrons. The molecule has 1 saturated carbocycles. The first-order chi connectivity index (χ1) is 10.8. The normalized spacial score (nSPS) is 30.6. The maximum atomic E-state index is 12.5. The van der Waals surface area contributed by atoms with Gasteiger partial charge in [-0.05, 0) is 12.5 Å². The van der Waals surface area contributed by atoms with Crippen molar-refractivity contribution in [1.29, 1.82) is 0 Å². The molecule has 0 heterocycles. The summed E-state index contributed by atoms with van der Waals surface area (Å²) >= 11 is 0. The van der Waals surface area contributed by atoms with Crippen LogP contribution in [0.1, 0.15) is 24.8 Å². The van der Waals surface area contributed by atoms with Crippen LogP contribution in [0.5, 0.6) is 0 Å². The summed E-state index contributed by atoms with van der Waals surface area (Å²) in [6.07, 6.45) is -0.230. The smallest absolute Gasteiger partial charge is 0.230 e. The second-order valence-electron chi connectivity index (χ2n) is 6.12. The van der Waals surface area contributed by atoms with Gasteiger partial charge in [0, 0.05) is 26.4 Å². The number of Topliss-reactive ketones (excluding diaryl/α,β-unsaturated/α-hetero) is 1. The standard InChI is InChI=1S/C17H22N2O4/c1-17(23)9-11(20)13(15(21)18-2)12(14(17)16(22)19-3)10-7-5-4-6-8-10/h4-8,12-14,23H,9H2,1-3H3,(H,18,21)(H,19,22)/t12-,13-,14+,17+/m1/s1. The van der Waals surface area contributed by atoms with Crippen LogP contribution in [0, 0.1) is 11.8 Å². The lowest BCUT2D eigenvalue weighted by Crippen LogP contribution is -2.57. The third kappa shape index (κ3) is 3.12. The molecule has 0 aliphatic heterocycles. The third-order valence-electron chi connectivity index (χ3n) is 4.51. The molecule has 0 saturated heterocycles. The largest absolute Gasteiger partial charge is 0.389 e. The Hall–Kier alpha value is -2.21. The lowest BCUT2D eigenvalue weighted by molar-refractivity contribution is -0.153. The third-order valence-corrected chi connectivity index (χ3v) is 4.51. The maximum absolute atomic E-state index is 12.5. The molecular formula is C17H22N2O4. The van der Waals surface area contributed by atoms with Gasteiger partial charge in [0.2, 0.25) is 11.8 Å². The Morgan fingerprint density at radius 1 is 1.13 bits per heavy atom. The molecule has 1 aliphatic carbocycles. The van der Waals surface area contributed by atoms with Gasteiger partial charge >= 0.3 is 0 Å². The van der Waals surface area contributed by atoms with Gasteiger partial charge in [0.1, 0.15) is 11.7 Å². The molecule has 124 valence electrons. The monoisotopic (exact) mass is 318 g/mol. The van der Waals surface area contributed by atoms with E-state index in [1.54, 1.807) is 24.3 Å². The first-order valence-electron chi connectivity index (χ1n) is 7.56. The molecule has 6 heteroatoms. The van der Waals surface area contributed by atoms with Gasteiger partial charge in [-0.3, -0.25) is 14.4 Å². The zero-order valence-corrected chi connectivity index (χ0v) is 13.5. The first-order valence-corrected chi connectivity index (χ1v) is 7.56. The molecule has 1 fully saturated rings. The highest BCUT2D eigenvalue weighted by atomic mass is 16.3. The molecule has 6 nitrogen and oxygen atoms in total. The number of rotatable bonds is 3. The Morgan fingerprint density at radius 3 is 2.22 bits per heavy atom. The average molecular weight is 318 g/mol. The van der Waals surface area contributed by atoms with E-state index in [2.05, 4.69) is 10.6 Å². The van der Waals surface area contributed by atoms with E-state index < -0.39 is 29.3 Å². The van der Waals surface area contributed by atoms with Crippen LogP contribution in [-0.2, 0) is 14.4 Å². The fourth-order valence-electron chi connectivity index (χ4n) is 3.48. The molecular weight excluding hydrogens is 296 g/mol. The maximum Gasteiger partial charge on any atom is 0.230 e. The number of nitrogens with one attached hydrogen (secondary N) is 2.